The van der Waals surface area contributed by atoms with Crippen molar-refractivity contribution in [3.8, 4) is 23.0 Å². The van der Waals surface area contributed by atoms with Crippen LogP contribution in [0.2, 0.25) is 0 Å². The molecule has 0 spiro atoms. The average Bonchev–Trinajstić information content (AvgIpc) is 3.30. The summed E-state index contributed by atoms with van der Waals surface area (Å²) in [6.07, 6.45) is 3.29. The van der Waals surface area contributed by atoms with E-state index in [1.807, 2.05) is 17.5 Å². The van der Waals surface area contributed by atoms with Gasteiger partial charge in [0.05, 0.1) is 26.9 Å². The van der Waals surface area contributed by atoms with Gasteiger partial charge in [0.2, 0.25) is 5.75 Å². The topological polar surface area (TPSA) is 71.1 Å². The van der Waals surface area contributed by atoms with Crippen LogP contribution < -0.4 is 18.9 Å². The van der Waals surface area contributed by atoms with Crippen molar-refractivity contribution in [3.05, 3.63) is 76.0 Å². The van der Waals surface area contributed by atoms with Crippen molar-refractivity contribution >= 4 is 29.2 Å². The van der Waals surface area contributed by atoms with E-state index in [9.17, 15) is 9.59 Å². The molecular weight excluding hydrogens is 404 g/mol. The van der Waals surface area contributed by atoms with Gasteiger partial charge in [-0.25, -0.2) is 4.79 Å². The molecule has 154 valence electrons. The van der Waals surface area contributed by atoms with Gasteiger partial charge >= 0.3 is 5.97 Å². The second kappa shape index (κ2) is 9.76. The number of hydrogen-bond donors (Lipinski definition) is 0. The maximum atomic E-state index is 12.6. The summed E-state index contributed by atoms with van der Waals surface area (Å²) in [6.45, 7) is 0. The summed E-state index contributed by atoms with van der Waals surface area (Å²) in [5.74, 6) is 0.670. The van der Waals surface area contributed by atoms with Crippen LogP contribution >= 0.6 is 11.3 Å². The first-order valence-electron chi connectivity index (χ1n) is 8.94. The normalized spacial score (nSPS) is 10.6. The third kappa shape index (κ3) is 4.87. The molecule has 0 amide bonds. The summed E-state index contributed by atoms with van der Waals surface area (Å²) in [5, 5.41) is 1.95. The van der Waals surface area contributed by atoms with Gasteiger partial charge in [0, 0.05) is 10.4 Å². The lowest BCUT2D eigenvalue weighted by Gasteiger charge is -2.13. The summed E-state index contributed by atoms with van der Waals surface area (Å²) in [4.78, 5) is 25.8. The van der Waals surface area contributed by atoms with E-state index in [2.05, 4.69) is 0 Å². The summed E-state index contributed by atoms with van der Waals surface area (Å²) < 4.78 is 21.2. The number of carbonyl (C=O) groups is 2. The molecule has 2 aromatic carbocycles. The van der Waals surface area contributed by atoms with E-state index >= 15 is 0 Å². The molecule has 0 radical (unpaired) electrons. The largest absolute Gasteiger partial charge is 0.493 e. The Hall–Kier alpha value is -3.58. The maximum Gasteiger partial charge on any atom is 0.343 e. The van der Waals surface area contributed by atoms with Gasteiger partial charge in [-0.15, -0.1) is 11.3 Å². The van der Waals surface area contributed by atoms with Crippen molar-refractivity contribution in [3.63, 3.8) is 0 Å². The number of esters is 1. The zero-order valence-corrected chi connectivity index (χ0v) is 17.5. The molecule has 0 fully saturated rings. The fraction of sp³-hybridized carbons (Fsp3) is 0.130. The highest BCUT2D eigenvalue weighted by Gasteiger charge is 2.18. The highest BCUT2D eigenvalue weighted by molar-refractivity contribution is 7.10. The van der Waals surface area contributed by atoms with E-state index in [4.69, 9.17) is 18.9 Å². The van der Waals surface area contributed by atoms with Gasteiger partial charge in [0.1, 0.15) is 5.75 Å². The lowest BCUT2D eigenvalue weighted by molar-refractivity contribution is 0.0733. The SMILES string of the molecule is COc1cc(C(=O)Oc2ccc(C(=O)C=Cc3cccs3)cc2)cc(OC)c1OC. The standard InChI is InChI=1S/C23H20O6S/c1-26-20-13-16(14-21(27-2)22(20)28-3)23(25)29-17-8-6-15(7-9-17)19(24)11-10-18-5-4-12-30-18/h4-14H,1-3H3. The first-order valence-corrected chi connectivity index (χ1v) is 9.82. The monoisotopic (exact) mass is 424 g/mol. The van der Waals surface area contributed by atoms with E-state index < -0.39 is 5.97 Å². The molecular formula is C23H20O6S. The Labute approximate surface area is 178 Å². The number of ether oxygens (including phenoxy) is 4. The Bertz CT molecular complexity index is 1030. The Kier molecular flexibility index (Phi) is 6.87. The molecule has 0 aliphatic rings. The van der Waals surface area contributed by atoms with Crippen LogP contribution in [0.5, 0.6) is 23.0 Å². The van der Waals surface area contributed by atoms with Crippen LogP contribution in [-0.4, -0.2) is 33.1 Å². The molecule has 30 heavy (non-hydrogen) atoms. The van der Waals surface area contributed by atoms with Crippen molar-refractivity contribution in [1.29, 1.82) is 0 Å². The minimum Gasteiger partial charge on any atom is -0.493 e. The summed E-state index contributed by atoms with van der Waals surface area (Å²) >= 11 is 1.55. The summed E-state index contributed by atoms with van der Waals surface area (Å²) in [5.41, 5.74) is 0.735. The Morgan fingerprint density at radius 3 is 2.07 bits per heavy atom. The molecule has 0 bridgehead atoms. The number of rotatable bonds is 8. The van der Waals surface area contributed by atoms with Gasteiger partial charge < -0.3 is 18.9 Å². The molecule has 0 aliphatic heterocycles. The second-order valence-corrected chi connectivity index (χ2v) is 7.02. The Morgan fingerprint density at radius 2 is 1.53 bits per heavy atom. The third-order valence-corrected chi connectivity index (χ3v) is 5.03. The highest BCUT2D eigenvalue weighted by atomic mass is 32.1. The van der Waals surface area contributed by atoms with E-state index in [-0.39, 0.29) is 11.3 Å². The number of benzene rings is 2. The van der Waals surface area contributed by atoms with Crippen molar-refractivity contribution in [2.24, 2.45) is 0 Å². The minimum atomic E-state index is -0.592. The number of hydrogen-bond acceptors (Lipinski definition) is 7. The van der Waals surface area contributed by atoms with Crippen LogP contribution in [0.15, 0.2) is 60.0 Å². The van der Waals surface area contributed by atoms with Crippen LogP contribution in [0.25, 0.3) is 6.08 Å². The molecule has 1 heterocycles. The van der Waals surface area contributed by atoms with Crippen LogP contribution in [0.3, 0.4) is 0 Å². The van der Waals surface area contributed by atoms with Crippen LogP contribution in [0.4, 0.5) is 0 Å². The van der Waals surface area contributed by atoms with E-state index in [1.54, 1.807) is 41.7 Å². The summed E-state index contributed by atoms with van der Waals surface area (Å²) in [6, 6.07) is 13.2. The first-order chi connectivity index (χ1) is 14.5. The van der Waals surface area contributed by atoms with Gasteiger partial charge in [-0.3, -0.25) is 4.79 Å². The molecule has 1 aromatic heterocycles. The highest BCUT2D eigenvalue weighted by Crippen LogP contribution is 2.38. The van der Waals surface area contributed by atoms with Gasteiger partial charge in [-0.1, -0.05) is 6.07 Å². The minimum absolute atomic E-state index is 0.133. The predicted octanol–water partition coefficient (Wildman–Crippen LogP) is 4.89. The second-order valence-electron chi connectivity index (χ2n) is 6.04. The number of methoxy groups -OCH3 is 3. The van der Waals surface area contributed by atoms with E-state index in [0.717, 1.165) is 4.88 Å². The molecule has 0 saturated carbocycles. The number of carbonyl (C=O) groups excluding carboxylic acids is 2. The van der Waals surface area contributed by atoms with Gasteiger partial charge in [0.25, 0.3) is 0 Å². The number of ketones is 1. The van der Waals surface area contributed by atoms with E-state index in [1.165, 1.54) is 39.5 Å². The molecule has 7 heteroatoms. The Balaban J connectivity index is 1.72. The molecule has 6 nitrogen and oxygen atoms in total. The van der Waals surface area contributed by atoms with E-state index in [0.29, 0.717) is 28.6 Å². The summed E-state index contributed by atoms with van der Waals surface area (Å²) in [7, 11) is 4.42. The van der Waals surface area contributed by atoms with Gasteiger partial charge in [0.15, 0.2) is 17.3 Å². The zero-order valence-electron chi connectivity index (χ0n) is 16.7. The molecule has 3 aromatic rings. The van der Waals surface area contributed by atoms with Crippen LogP contribution in [-0.2, 0) is 0 Å². The van der Waals surface area contributed by atoms with Crippen molar-refractivity contribution in [2.75, 3.05) is 21.3 Å². The zero-order chi connectivity index (χ0) is 21.5. The maximum absolute atomic E-state index is 12.6. The molecule has 0 N–H and O–H groups in total. The molecule has 0 unspecified atom stereocenters. The fourth-order valence-electron chi connectivity index (χ4n) is 2.69. The first kappa shape index (κ1) is 21.1. The number of thiophene rings is 1. The van der Waals surface area contributed by atoms with Gasteiger partial charge in [-0.2, -0.15) is 0 Å². The predicted molar refractivity (Wildman–Crippen MR) is 115 cm³/mol. The number of allylic oxidation sites excluding steroid dienone is 1. The lowest BCUT2D eigenvalue weighted by Crippen LogP contribution is -2.10. The molecule has 0 saturated heterocycles. The lowest BCUT2D eigenvalue weighted by atomic mass is 10.1. The molecule has 0 atom stereocenters. The van der Waals surface area contributed by atoms with Crippen molar-refractivity contribution in [2.45, 2.75) is 0 Å². The smallest absolute Gasteiger partial charge is 0.343 e. The Morgan fingerprint density at radius 1 is 0.867 bits per heavy atom. The fourth-order valence-corrected chi connectivity index (χ4v) is 3.31. The van der Waals surface area contributed by atoms with Crippen molar-refractivity contribution in [1.82, 2.24) is 0 Å². The van der Waals surface area contributed by atoms with Crippen molar-refractivity contribution < 1.29 is 28.5 Å². The average molecular weight is 424 g/mol. The van der Waals surface area contributed by atoms with Gasteiger partial charge in [-0.05, 0) is 60.0 Å². The third-order valence-electron chi connectivity index (χ3n) is 4.19. The van der Waals surface area contributed by atoms with Crippen LogP contribution in [0, 0.1) is 0 Å². The molecule has 0 aliphatic carbocycles. The molecule has 3 rings (SSSR count). The quantitative estimate of drug-likeness (QED) is 0.222. The van der Waals surface area contributed by atoms with Crippen LogP contribution in [0.1, 0.15) is 25.6 Å².